The average Bonchev–Trinajstić information content (AvgIpc) is 2.44. The number of nitrogens with zero attached hydrogens (tertiary/aromatic N) is 1. The van der Waals surface area contributed by atoms with Gasteiger partial charge in [-0.05, 0) is 24.3 Å². The van der Waals surface area contributed by atoms with Crippen molar-refractivity contribution in [3.63, 3.8) is 0 Å². The standard InChI is InChI=1S/C15H13Cl2N3O/c1-2-3-19-14-4-10(8-18-9-14)15(21)20-13-6-11(16)5-12(17)7-13/h2,4-9,19H,1,3H2,(H,20,21). The lowest BCUT2D eigenvalue weighted by Gasteiger charge is -2.08. The third-order valence-electron chi connectivity index (χ3n) is 2.57. The first kappa shape index (κ1) is 15.4. The zero-order chi connectivity index (χ0) is 15.2. The summed E-state index contributed by atoms with van der Waals surface area (Å²) in [6.07, 6.45) is 4.85. The summed E-state index contributed by atoms with van der Waals surface area (Å²) >= 11 is 11.8. The predicted molar refractivity (Wildman–Crippen MR) is 87.3 cm³/mol. The molecule has 6 heteroatoms. The van der Waals surface area contributed by atoms with Gasteiger partial charge in [0, 0.05) is 34.7 Å². The molecule has 0 aliphatic carbocycles. The van der Waals surface area contributed by atoms with Crippen molar-refractivity contribution < 1.29 is 4.79 Å². The van der Waals surface area contributed by atoms with E-state index in [4.69, 9.17) is 23.2 Å². The van der Waals surface area contributed by atoms with Crippen LogP contribution in [0.1, 0.15) is 10.4 Å². The average molecular weight is 322 g/mol. The van der Waals surface area contributed by atoms with Gasteiger partial charge in [-0.3, -0.25) is 9.78 Å². The SMILES string of the molecule is C=CCNc1cncc(C(=O)Nc2cc(Cl)cc(Cl)c2)c1. The number of carbonyl (C=O) groups is 1. The molecule has 0 fully saturated rings. The van der Waals surface area contributed by atoms with Gasteiger partial charge in [0.25, 0.3) is 5.91 Å². The number of pyridine rings is 1. The van der Waals surface area contributed by atoms with Crippen LogP contribution in [0.4, 0.5) is 11.4 Å². The molecule has 2 N–H and O–H groups in total. The molecule has 0 saturated carbocycles. The predicted octanol–water partition coefficient (Wildman–Crippen LogP) is 4.24. The van der Waals surface area contributed by atoms with E-state index in [-0.39, 0.29) is 5.91 Å². The Hall–Kier alpha value is -2.04. The minimum absolute atomic E-state index is 0.289. The highest BCUT2D eigenvalue weighted by Crippen LogP contribution is 2.23. The first-order valence-corrected chi connectivity index (χ1v) is 6.91. The topological polar surface area (TPSA) is 54.0 Å². The van der Waals surface area contributed by atoms with E-state index < -0.39 is 0 Å². The van der Waals surface area contributed by atoms with E-state index in [9.17, 15) is 4.79 Å². The van der Waals surface area contributed by atoms with Crippen molar-refractivity contribution in [2.75, 3.05) is 17.2 Å². The molecule has 0 aliphatic rings. The van der Waals surface area contributed by atoms with Gasteiger partial charge < -0.3 is 10.6 Å². The maximum atomic E-state index is 12.2. The molecular weight excluding hydrogens is 309 g/mol. The largest absolute Gasteiger partial charge is 0.380 e. The fourth-order valence-corrected chi connectivity index (χ4v) is 2.21. The van der Waals surface area contributed by atoms with Crippen LogP contribution >= 0.6 is 23.2 Å². The van der Waals surface area contributed by atoms with E-state index in [1.807, 2.05) is 0 Å². The number of anilines is 2. The van der Waals surface area contributed by atoms with E-state index >= 15 is 0 Å². The Morgan fingerprint density at radius 1 is 1.14 bits per heavy atom. The lowest BCUT2D eigenvalue weighted by atomic mass is 10.2. The van der Waals surface area contributed by atoms with Crippen LogP contribution in [-0.2, 0) is 0 Å². The Balaban J connectivity index is 2.14. The van der Waals surface area contributed by atoms with Crippen molar-refractivity contribution in [1.82, 2.24) is 4.98 Å². The van der Waals surface area contributed by atoms with Crippen molar-refractivity contribution in [3.8, 4) is 0 Å². The summed E-state index contributed by atoms with van der Waals surface area (Å²) in [4.78, 5) is 16.2. The third kappa shape index (κ3) is 4.48. The summed E-state index contributed by atoms with van der Waals surface area (Å²) in [6, 6.07) is 6.55. The summed E-state index contributed by atoms with van der Waals surface area (Å²) < 4.78 is 0. The number of nitrogens with one attached hydrogen (secondary N) is 2. The maximum absolute atomic E-state index is 12.2. The van der Waals surface area contributed by atoms with Crippen LogP contribution in [0.3, 0.4) is 0 Å². The summed E-state index contributed by atoms with van der Waals surface area (Å²) in [5.74, 6) is -0.289. The summed E-state index contributed by atoms with van der Waals surface area (Å²) in [7, 11) is 0. The minimum Gasteiger partial charge on any atom is -0.380 e. The Bertz CT molecular complexity index is 653. The van der Waals surface area contributed by atoms with Crippen molar-refractivity contribution >= 4 is 40.5 Å². The van der Waals surface area contributed by atoms with Gasteiger partial charge in [-0.2, -0.15) is 0 Å². The third-order valence-corrected chi connectivity index (χ3v) is 3.01. The van der Waals surface area contributed by atoms with Crippen LogP contribution in [0.15, 0.2) is 49.3 Å². The number of rotatable bonds is 5. The quantitative estimate of drug-likeness (QED) is 0.810. The molecule has 4 nitrogen and oxygen atoms in total. The highest BCUT2D eigenvalue weighted by atomic mass is 35.5. The van der Waals surface area contributed by atoms with Crippen LogP contribution in [0.2, 0.25) is 10.0 Å². The second-order valence-corrected chi connectivity index (χ2v) is 5.12. The zero-order valence-corrected chi connectivity index (χ0v) is 12.6. The molecule has 1 aromatic heterocycles. The fraction of sp³-hybridized carbons (Fsp3) is 0.0667. The number of halogens is 2. The van der Waals surface area contributed by atoms with E-state index in [0.29, 0.717) is 27.8 Å². The van der Waals surface area contributed by atoms with E-state index in [0.717, 1.165) is 5.69 Å². The van der Waals surface area contributed by atoms with Gasteiger partial charge in [-0.15, -0.1) is 6.58 Å². The minimum atomic E-state index is -0.289. The molecule has 1 heterocycles. The maximum Gasteiger partial charge on any atom is 0.257 e. The zero-order valence-electron chi connectivity index (χ0n) is 11.1. The highest BCUT2D eigenvalue weighted by molar-refractivity contribution is 6.35. The van der Waals surface area contributed by atoms with Gasteiger partial charge in [0.05, 0.1) is 11.3 Å². The molecule has 0 bridgehead atoms. The lowest BCUT2D eigenvalue weighted by Crippen LogP contribution is -2.13. The Morgan fingerprint density at radius 2 is 1.86 bits per heavy atom. The molecule has 0 unspecified atom stereocenters. The smallest absolute Gasteiger partial charge is 0.257 e. The summed E-state index contributed by atoms with van der Waals surface area (Å²) in [5.41, 5.74) is 1.70. The van der Waals surface area contributed by atoms with Gasteiger partial charge in [-0.25, -0.2) is 0 Å². The molecule has 2 aromatic rings. The van der Waals surface area contributed by atoms with Gasteiger partial charge >= 0.3 is 0 Å². The van der Waals surface area contributed by atoms with Crippen molar-refractivity contribution in [2.45, 2.75) is 0 Å². The van der Waals surface area contributed by atoms with Crippen LogP contribution < -0.4 is 10.6 Å². The molecule has 1 aromatic carbocycles. The molecular formula is C15H13Cl2N3O. The van der Waals surface area contributed by atoms with Gasteiger partial charge in [0.15, 0.2) is 0 Å². The summed E-state index contributed by atoms with van der Waals surface area (Å²) in [6.45, 7) is 4.21. The van der Waals surface area contributed by atoms with Gasteiger partial charge in [-0.1, -0.05) is 29.3 Å². The molecule has 0 spiro atoms. The molecule has 108 valence electrons. The van der Waals surface area contributed by atoms with Crippen LogP contribution in [0.5, 0.6) is 0 Å². The van der Waals surface area contributed by atoms with Crippen LogP contribution in [0, 0.1) is 0 Å². The summed E-state index contributed by atoms with van der Waals surface area (Å²) in [5, 5.41) is 6.71. The van der Waals surface area contributed by atoms with Gasteiger partial charge in [0.2, 0.25) is 0 Å². The van der Waals surface area contributed by atoms with Crippen LogP contribution in [0.25, 0.3) is 0 Å². The Morgan fingerprint density at radius 3 is 2.52 bits per heavy atom. The number of hydrogen-bond acceptors (Lipinski definition) is 3. The number of hydrogen-bond donors (Lipinski definition) is 2. The molecule has 1 amide bonds. The fourth-order valence-electron chi connectivity index (χ4n) is 1.68. The number of carbonyl (C=O) groups excluding carboxylic acids is 1. The first-order chi connectivity index (χ1) is 10.1. The van der Waals surface area contributed by atoms with Crippen molar-refractivity contribution in [1.29, 1.82) is 0 Å². The second-order valence-electron chi connectivity index (χ2n) is 4.24. The molecule has 2 rings (SSSR count). The molecule has 21 heavy (non-hydrogen) atoms. The lowest BCUT2D eigenvalue weighted by molar-refractivity contribution is 0.102. The van der Waals surface area contributed by atoms with E-state index in [2.05, 4.69) is 22.2 Å². The number of amides is 1. The molecule has 0 atom stereocenters. The normalized spacial score (nSPS) is 10.0. The monoisotopic (exact) mass is 321 g/mol. The molecule has 0 radical (unpaired) electrons. The molecule has 0 aliphatic heterocycles. The van der Waals surface area contributed by atoms with E-state index in [1.54, 1.807) is 36.5 Å². The van der Waals surface area contributed by atoms with Crippen molar-refractivity contribution in [2.24, 2.45) is 0 Å². The number of benzene rings is 1. The van der Waals surface area contributed by atoms with Gasteiger partial charge in [0.1, 0.15) is 0 Å². The van der Waals surface area contributed by atoms with Crippen LogP contribution in [-0.4, -0.2) is 17.4 Å². The molecule has 0 saturated heterocycles. The number of aromatic nitrogens is 1. The second kappa shape index (κ2) is 7.11. The Labute approximate surface area is 132 Å². The van der Waals surface area contributed by atoms with E-state index in [1.165, 1.54) is 6.20 Å². The van der Waals surface area contributed by atoms with Crippen molar-refractivity contribution in [3.05, 3.63) is 64.9 Å². The Kier molecular flexibility index (Phi) is 5.20. The first-order valence-electron chi connectivity index (χ1n) is 6.16. The highest BCUT2D eigenvalue weighted by Gasteiger charge is 2.08.